The third-order valence-corrected chi connectivity index (χ3v) is 8.17. The zero-order chi connectivity index (χ0) is 31.5. The molecule has 11 nitrogen and oxygen atoms in total. The van der Waals surface area contributed by atoms with Crippen molar-refractivity contribution in [3.05, 3.63) is 65.3 Å². The summed E-state index contributed by atoms with van der Waals surface area (Å²) in [5.74, 6) is -3.18. The van der Waals surface area contributed by atoms with Crippen LogP contribution in [0.4, 0.5) is 23.4 Å². The number of aromatic nitrogens is 5. The number of aliphatic carboxylic acids is 1. The van der Waals surface area contributed by atoms with Gasteiger partial charge < -0.3 is 23.9 Å². The van der Waals surface area contributed by atoms with Gasteiger partial charge in [-0.15, -0.1) is 0 Å². The number of nitrogens with zero attached hydrogens (tertiary/aromatic N) is 6. The second-order valence-electron chi connectivity index (χ2n) is 10.9. The third kappa shape index (κ3) is 5.29. The molecule has 1 aromatic carbocycles. The average molecular weight is 647 g/mol. The summed E-state index contributed by atoms with van der Waals surface area (Å²) < 4.78 is 77.1. The van der Waals surface area contributed by atoms with Crippen LogP contribution in [0.5, 0.6) is 5.88 Å². The molecule has 2 saturated heterocycles. The number of anilines is 1. The Morgan fingerprint density at radius 1 is 1.16 bits per heavy atom. The molecule has 0 unspecified atom stereocenters. The van der Waals surface area contributed by atoms with E-state index in [-0.39, 0.29) is 73.0 Å². The van der Waals surface area contributed by atoms with Crippen molar-refractivity contribution in [2.45, 2.75) is 43.3 Å². The monoisotopic (exact) mass is 646 g/mol. The van der Waals surface area contributed by atoms with E-state index < -0.39 is 35.8 Å². The maximum absolute atomic E-state index is 16.4. The second kappa shape index (κ2) is 10.8. The predicted molar refractivity (Wildman–Crippen MR) is 151 cm³/mol. The summed E-state index contributed by atoms with van der Waals surface area (Å²) >= 11 is 6.02. The molecule has 6 heterocycles. The first kappa shape index (κ1) is 29.2. The Balaban J connectivity index is 1.28. The van der Waals surface area contributed by atoms with Gasteiger partial charge in [0.05, 0.1) is 35.2 Å². The molecule has 0 saturated carbocycles. The summed E-state index contributed by atoms with van der Waals surface area (Å²) in [6, 6.07) is 6.58. The van der Waals surface area contributed by atoms with Gasteiger partial charge in [0.15, 0.2) is 11.4 Å². The van der Waals surface area contributed by atoms with Crippen LogP contribution >= 0.6 is 11.6 Å². The van der Waals surface area contributed by atoms with Gasteiger partial charge in [-0.3, -0.25) is 0 Å². The molecule has 234 valence electrons. The van der Waals surface area contributed by atoms with Crippen molar-refractivity contribution in [1.29, 1.82) is 0 Å². The van der Waals surface area contributed by atoms with Crippen LogP contribution in [0.3, 0.4) is 0 Å². The number of rotatable bonds is 6. The highest BCUT2D eigenvalue weighted by molar-refractivity contribution is 6.30. The lowest BCUT2D eigenvalue weighted by Crippen LogP contribution is -2.37. The van der Waals surface area contributed by atoms with Crippen molar-refractivity contribution in [3.63, 3.8) is 0 Å². The SMILES string of the molecule is O=C(O)[C@@H]1C[C@H](Oc2ncc(-n3cc(Cl)cn3)cc2C2(F)CCOCC2)CN1c1nc(C(F)(F)F)nc2c1oc1ccccc12. The third-order valence-electron chi connectivity index (χ3n) is 7.97. The van der Waals surface area contributed by atoms with Gasteiger partial charge in [0.1, 0.15) is 28.9 Å². The fourth-order valence-electron chi connectivity index (χ4n) is 5.79. The van der Waals surface area contributed by atoms with E-state index in [1.54, 1.807) is 24.3 Å². The van der Waals surface area contributed by atoms with Crippen LogP contribution in [0.2, 0.25) is 5.02 Å². The summed E-state index contributed by atoms with van der Waals surface area (Å²) in [5, 5.41) is 15.0. The Hall–Kier alpha value is -4.50. The van der Waals surface area contributed by atoms with Gasteiger partial charge in [-0.2, -0.15) is 18.3 Å². The Bertz CT molecular complexity index is 1920. The summed E-state index contributed by atoms with van der Waals surface area (Å²) in [6.07, 6.45) is -1.61. The number of fused-ring (bicyclic) bond motifs is 3. The van der Waals surface area contributed by atoms with Crippen LogP contribution in [0.1, 0.15) is 30.7 Å². The quantitative estimate of drug-likeness (QED) is 0.229. The number of alkyl halides is 4. The average Bonchev–Trinajstić information content (AvgIpc) is 3.73. The molecule has 2 atom stereocenters. The maximum Gasteiger partial charge on any atom is 0.451 e. The maximum atomic E-state index is 16.4. The van der Waals surface area contributed by atoms with Crippen LogP contribution in [-0.2, 0) is 21.4 Å². The van der Waals surface area contributed by atoms with E-state index in [0.717, 1.165) is 0 Å². The molecule has 2 aliphatic heterocycles. The number of carboxylic acid groups (broad SMARTS) is 1. The van der Waals surface area contributed by atoms with E-state index in [1.807, 2.05) is 0 Å². The van der Waals surface area contributed by atoms with Crippen molar-refractivity contribution in [1.82, 2.24) is 24.7 Å². The number of benzene rings is 1. The normalized spacial score (nSPS) is 20.2. The van der Waals surface area contributed by atoms with E-state index in [2.05, 4.69) is 20.1 Å². The summed E-state index contributed by atoms with van der Waals surface area (Å²) in [5.41, 5.74) is -1.29. The molecular weight excluding hydrogens is 624 g/mol. The first-order valence-electron chi connectivity index (χ1n) is 13.9. The number of halogens is 5. The number of carbonyl (C=O) groups is 1. The van der Waals surface area contributed by atoms with E-state index in [9.17, 15) is 23.1 Å². The number of ether oxygens (including phenoxy) is 2. The number of carboxylic acids is 1. The van der Waals surface area contributed by atoms with Crippen LogP contribution < -0.4 is 9.64 Å². The molecule has 16 heteroatoms. The highest BCUT2D eigenvalue weighted by atomic mass is 35.5. The van der Waals surface area contributed by atoms with Crippen LogP contribution in [-0.4, -0.2) is 67.7 Å². The Kier molecular flexibility index (Phi) is 7.04. The molecule has 45 heavy (non-hydrogen) atoms. The number of furan rings is 1. The van der Waals surface area contributed by atoms with Gasteiger partial charge in [-0.1, -0.05) is 23.7 Å². The number of hydrogen-bond donors (Lipinski definition) is 1. The predicted octanol–water partition coefficient (Wildman–Crippen LogP) is 5.72. The molecule has 1 N–H and O–H groups in total. The molecule has 4 aromatic heterocycles. The fourth-order valence-corrected chi connectivity index (χ4v) is 5.93. The van der Waals surface area contributed by atoms with Crippen molar-refractivity contribution in [2.24, 2.45) is 0 Å². The van der Waals surface area contributed by atoms with E-state index in [0.29, 0.717) is 16.1 Å². The number of pyridine rings is 1. The minimum Gasteiger partial charge on any atom is -0.480 e. The first-order valence-corrected chi connectivity index (χ1v) is 14.3. The van der Waals surface area contributed by atoms with Crippen molar-refractivity contribution in [2.75, 3.05) is 24.7 Å². The second-order valence-corrected chi connectivity index (χ2v) is 11.3. The van der Waals surface area contributed by atoms with Crippen LogP contribution in [0.15, 0.2) is 53.3 Å². The van der Waals surface area contributed by atoms with Gasteiger partial charge in [0, 0.05) is 44.1 Å². The van der Waals surface area contributed by atoms with E-state index in [1.165, 1.54) is 34.2 Å². The van der Waals surface area contributed by atoms with Gasteiger partial charge in [0.25, 0.3) is 0 Å². The first-order chi connectivity index (χ1) is 21.5. The molecule has 5 aromatic rings. The Morgan fingerprint density at radius 2 is 1.93 bits per heavy atom. The zero-order valence-corrected chi connectivity index (χ0v) is 23.9. The Labute approximate surface area is 256 Å². The summed E-state index contributed by atoms with van der Waals surface area (Å²) in [4.78, 5) is 25.5. The lowest BCUT2D eigenvalue weighted by molar-refractivity contribution is -0.144. The largest absolute Gasteiger partial charge is 0.480 e. The van der Waals surface area contributed by atoms with Gasteiger partial charge in [-0.25, -0.2) is 28.8 Å². The van der Waals surface area contributed by atoms with Crippen molar-refractivity contribution in [3.8, 4) is 11.6 Å². The molecule has 0 aliphatic carbocycles. The molecule has 0 bridgehead atoms. The molecule has 7 rings (SSSR count). The van der Waals surface area contributed by atoms with Crippen LogP contribution in [0, 0.1) is 0 Å². The minimum atomic E-state index is -4.92. The molecule has 0 amide bonds. The smallest absolute Gasteiger partial charge is 0.451 e. The zero-order valence-electron chi connectivity index (χ0n) is 23.2. The highest BCUT2D eigenvalue weighted by Gasteiger charge is 2.44. The molecule has 2 aliphatic rings. The topological polar surface area (TPSA) is 129 Å². The van der Waals surface area contributed by atoms with Crippen molar-refractivity contribution < 1.29 is 41.4 Å². The Morgan fingerprint density at radius 3 is 2.64 bits per heavy atom. The van der Waals surface area contributed by atoms with Crippen LogP contribution in [0.25, 0.3) is 27.8 Å². The molecule has 0 spiro atoms. The fraction of sp³-hybridized carbons (Fsp3) is 0.345. The van der Waals surface area contributed by atoms with Gasteiger partial charge in [0.2, 0.25) is 11.7 Å². The number of para-hydroxylation sites is 1. The van der Waals surface area contributed by atoms with E-state index >= 15 is 4.39 Å². The standard InChI is InChI=1S/C29H23ClF4N6O5/c30-15-11-36-40(13-15)16-9-19(28(31)5-7-43-8-6-28)25(35-12-16)44-17-10-20(26(41)42)39(14-17)24-23-22(37-27(38-24)29(32,33)34)18-3-1-2-4-21(18)45-23/h1-4,9,11-13,17,20H,5-8,10,14H2,(H,41,42)/t17-,20-/m0/s1. The molecular formula is C29H23ClF4N6O5. The van der Waals surface area contributed by atoms with Gasteiger partial charge in [-0.05, 0) is 18.2 Å². The van der Waals surface area contributed by atoms with E-state index in [4.69, 9.17) is 25.5 Å². The summed E-state index contributed by atoms with van der Waals surface area (Å²) in [7, 11) is 0. The van der Waals surface area contributed by atoms with Gasteiger partial charge >= 0.3 is 12.1 Å². The minimum absolute atomic E-state index is 0.0219. The molecule has 2 fully saturated rings. The lowest BCUT2D eigenvalue weighted by atomic mass is 9.88. The summed E-state index contributed by atoms with van der Waals surface area (Å²) in [6.45, 7) is 0.112. The lowest BCUT2D eigenvalue weighted by Gasteiger charge is -2.31. The number of hydrogen-bond acceptors (Lipinski definition) is 9. The molecule has 0 radical (unpaired) electrons. The van der Waals surface area contributed by atoms with Crippen molar-refractivity contribution >= 4 is 45.5 Å². The highest BCUT2D eigenvalue weighted by Crippen LogP contribution is 2.43.